The van der Waals surface area contributed by atoms with Gasteiger partial charge in [0.05, 0.1) is 6.54 Å². The number of ether oxygens (including phenoxy) is 2. The normalized spacial score (nSPS) is 12.3. The quantitative estimate of drug-likeness (QED) is 0.472. The third-order valence-corrected chi connectivity index (χ3v) is 5.32. The Balaban J connectivity index is 1.49. The highest BCUT2D eigenvalue weighted by Crippen LogP contribution is 2.38. The summed E-state index contributed by atoms with van der Waals surface area (Å²) in [6.07, 6.45) is 4.59. The van der Waals surface area contributed by atoms with E-state index in [1.165, 1.54) is 30.5 Å². The first-order chi connectivity index (χ1) is 16.5. The van der Waals surface area contributed by atoms with Crippen LogP contribution >= 0.6 is 0 Å². The van der Waals surface area contributed by atoms with Crippen LogP contribution in [0.4, 0.5) is 10.2 Å². The van der Waals surface area contributed by atoms with Crippen molar-refractivity contribution in [2.75, 3.05) is 18.5 Å². The Morgan fingerprint density at radius 3 is 2.59 bits per heavy atom. The largest absolute Gasteiger partial charge is 0.485 e. The molecule has 0 aliphatic carbocycles. The molecular formula is C25H19FN4O4. The molecule has 3 heterocycles. The number of nitrogens with zero attached hydrogens (tertiary/aromatic N) is 2. The SMILES string of the molecule is NC(=O)c1cn(-c2ccc(Oc3ccnc4c3OCCN4)cc2)cc(-c2ccc(F)cc2)c1=O. The van der Waals surface area contributed by atoms with Crippen LogP contribution in [0.1, 0.15) is 10.4 Å². The van der Waals surface area contributed by atoms with Gasteiger partial charge >= 0.3 is 0 Å². The number of carbonyl (C=O) groups is 1. The molecule has 4 aromatic rings. The van der Waals surface area contributed by atoms with Gasteiger partial charge in [-0.15, -0.1) is 0 Å². The molecule has 8 nitrogen and oxygen atoms in total. The van der Waals surface area contributed by atoms with Gasteiger partial charge in [0, 0.05) is 35.9 Å². The molecule has 0 bridgehead atoms. The van der Waals surface area contributed by atoms with Gasteiger partial charge in [-0.3, -0.25) is 9.59 Å². The first-order valence-corrected chi connectivity index (χ1v) is 10.5. The maximum absolute atomic E-state index is 13.4. The highest BCUT2D eigenvalue weighted by molar-refractivity contribution is 5.93. The fourth-order valence-electron chi connectivity index (χ4n) is 3.65. The average Bonchev–Trinajstić information content (AvgIpc) is 2.85. The van der Waals surface area contributed by atoms with E-state index in [0.717, 1.165) is 0 Å². The first-order valence-electron chi connectivity index (χ1n) is 10.5. The Morgan fingerprint density at radius 2 is 1.85 bits per heavy atom. The third kappa shape index (κ3) is 4.06. The lowest BCUT2D eigenvalue weighted by atomic mass is 10.0. The summed E-state index contributed by atoms with van der Waals surface area (Å²) < 4.78 is 26.6. The lowest BCUT2D eigenvalue weighted by Gasteiger charge is -2.20. The molecule has 2 aromatic heterocycles. The van der Waals surface area contributed by atoms with E-state index in [4.69, 9.17) is 15.2 Å². The zero-order valence-corrected chi connectivity index (χ0v) is 17.8. The van der Waals surface area contributed by atoms with Gasteiger partial charge in [-0.25, -0.2) is 9.37 Å². The van der Waals surface area contributed by atoms with Crippen molar-refractivity contribution in [2.45, 2.75) is 0 Å². The highest BCUT2D eigenvalue weighted by atomic mass is 19.1. The number of fused-ring (bicyclic) bond motifs is 1. The molecule has 3 N–H and O–H groups in total. The van der Waals surface area contributed by atoms with E-state index in [9.17, 15) is 14.0 Å². The Morgan fingerprint density at radius 1 is 1.09 bits per heavy atom. The monoisotopic (exact) mass is 458 g/mol. The molecule has 34 heavy (non-hydrogen) atoms. The number of rotatable bonds is 5. The van der Waals surface area contributed by atoms with Crippen molar-refractivity contribution >= 4 is 11.7 Å². The van der Waals surface area contributed by atoms with Crippen molar-refractivity contribution in [1.29, 1.82) is 0 Å². The summed E-state index contributed by atoms with van der Waals surface area (Å²) in [5.74, 6) is 0.986. The van der Waals surface area contributed by atoms with Crippen LogP contribution in [0.3, 0.4) is 0 Å². The smallest absolute Gasteiger partial charge is 0.254 e. The molecule has 5 rings (SSSR count). The Labute approximate surface area is 193 Å². The van der Waals surface area contributed by atoms with Crippen LogP contribution in [0.15, 0.2) is 78.0 Å². The highest BCUT2D eigenvalue weighted by Gasteiger charge is 2.18. The number of carbonyl (C=O) groups excluding carboxylic acids is 1. The number of hydrogen-bond donors (Lipinski definition) is 2. The second-order valence-corrected chi connectivity index (χ2v) is 7.55. The van der Waals surface area contributed by atoms with Gasteiger partial charge in [-0.2, -0.15) is 0 Å². The van der Waals surface area contributed by atoms with E-state index in [0.29, 0.717) is 47.5 Å². The maximum Gasteiger partial charge on any atom is 0.254 e. The number of anilines is 1. The van der Waals surface area contributed by atoms with Crippen molar-refractivity contribution < 1.29 is 18.7 Å². The Hall–Kier alpha value is -4.66. The van der Waals surface area contributed by atoms with Gasteiger partial charge in [0.1, 0.15) is 23.7 Å². The van der Waals surface area contributed by atoms with Crippen LogP contribution in [0, 0.1) is 5.82 Å². The molecule has 0 saturated heterocycles. The Kier molecular flexibility index (Phi) is 5.43. The molecule has 0 radical (unpaired) electrons. The average molecular weight is 458 g/mol. The molecule has 1 aliphatic rings. The first kappa shape index (κ1) is 21.2. The van der Waals surface area contributed by atoms with E-state index < -0.39 is 17.2 Å². The van der Waals surface area contributed by atoms with Gasteiger partial charge in [0.15, 0.2) is 11.6 Å². The van der Waals surface area contributed by atoms with E-state index in [-0.39, 0.29) is 11.1 Å². The van der Waals surface area contributed by atoms with Crippen LogP contribution in [0.25, 0.3) is 16.8 Å². The van der Waals surface area contributed by atoms with Gasteiger partial charge in [-0.05, 0) is 42.0 Å². The van der Waals surface area contributed by atoms with Crippen LogP contribution in [-0.4, -0.2) is 28.6 Å². The Bertz CT molecular complexity index is 1430. The zero-order chi connectivity index (χ0) is 23.7. The summed E-state index contributed by atoms with van der Waals surface area (Å²) in [6.45, 7) is 1.18. The lowest BCUT2D eigenvalue weighted by molar-refractivity contribution is 0.0998. The van der Waals surface area contributed by atoms with Crippen molar-refractivity contribution in [1.82, 2.24) is 9.55 Å². The predicted octanol–water partition coefficient (Wildman–Crippen LogP) is 3.73. The second kappa shape index (κ2) is 8.70. The van der Waals surface area contributed by atoms with E-state index >= 15 is 0 Å². The van der Waals surface area contributed by atoms with Crippen molar-refractivity contribution in [2.24, 2.45) is 5.73 Å². The summed E-state index contributed by atoms with van der Waals surface area (Å²) in [5.41, 5.74) is 6.11. The zero-order valence-electron chi connectivity index (χ0n) is 17.8. The molecule has 1 amide bonds. The third-order valence-electron chi connectivity index (χ3n) is 5.32. The molecule has 2 aromatic carbocycles. The van der Waals surface area contributed by atoms with Crippen molar-refractivity contribution in [3.63, 3.8) is 0 Å². The van der Waals surface area contributed by atoms with Crippen LogP contribution in [0.5, 0.6) is 17.2 Å². The predicted molar refractivity (Wildman–Crippen MR) is 124 cm³/mol. The molecule has 9 heteroatoms. The summed E-state index contributed by atoms with van der Waals surface area (Å²) in [7, 11) is 0. The molecule has 0 unspecified atom stereocenters. The minimum Gasteiger partial charge on any atom is -0.485 e. The van der Waals surface area contributed by atoms with E-state index in [1.807, 2.05) is 0 Å². The molecule has 0 saturated carbocycles. The summed E-state index contributed by atoms with van der Waals surface area (Å²) in [4.78, 5) is 29.0. The summed E-state index contributed by atoms with van der Waals surface area (Å²) in [6, 6.07) is 14.2. The number of pyridine rings is 2. The number of primary amides is 1. The van der Waals surface area contributed by atoms with Crippen molar-refractivity contribution in [3.05, 3.63) is 94.8 Å². The lowest BCUT2D eigenvalue weighted by Crippen LogP contribution is -2.24. The molecular weight excluding hydrogens is 439 g/mol. The molecule has 170 valence electrons. The number of halogens is 1. The second-order valence-electron chi connectivity index (χ2n) is 7.55. The standard InChI is InChI=1S/C25H19FN4O4/c26-16-3-1-15(2-4-16)19-13-30(14-20(22(19)31)24(27)32)17-5-7-18(8-6-17)34-21-9-10-28-25-23(21)33-12-11-29-25/h1-10,13-14H,11-12H2,(H2,27,32)(H,28,29). The fraction of sp³-hybridized carbons (Fsp3) is 0.0800. The number of benzene rings is 2. The number of nitrogens with one attached hydrogen (secondary N) is 1. The van der Waals surface area contributed by atoms with Gasteiger partial charge in [0.2, 0.25) is 11.2 Å². The van der Waals surface area contributed by atoms with Crippen LogP contribution in [0.2, 0.25) is 0 Å². The molecule has 0 spiro atoms. The number of amides is 1. The summed E-state index contributed by atoms with van der Waals surface area (Å²) in [5, 5.41) is 3.16. The van der Waals surface area contributed by atoms with Crippen molar-refractivity contribution in [3.8, 4) is 34.1 Å². The van der Waals surface area contributed by atoms with E-state index in [1.54, 1.807) is 47.3 Å². The maximum atomic E-state index is 13.4. The fourth-order valence-corrected chi connectivity index (χ4v) is 3.65. The van der Waals surface area contributed by atoms with Gasteiger partial charge in [-0.1, -0.05) is 12.1 Å². The van der Waals surface area contributed by atoms with Crippen LogP contribution < -0.4 is 26.0 Å². The molecule has 1 aliphatic heterocycles. The molecule has 0 fully saturated rings. The van der Waals surface area contributed by atoms with Gasteiger partial charge < -0.3 is 25.1 Å². The van der Waals surface area contributed by atoms with Crippen LogP contribution in [-0.2, 0) is 0 Å². The minimum atomic E-state index is -0.848. The van der Waals surface area contributed by atoms with E-state index in [2.05, 4.69) is 10.3 Å². The number of hydrogen-bond acceptors (Lipinski definition) is 6. The topological polar surface area (TPSA) is 108 Å². The molecule has 0 atom stereocenters. The number of aromatic nitrogens is 2. The minimum absolute atomic E-state index is 0.171. The number of nitrogens with two attached hydrogens (primary N) is 1. The van der Waals surface area contributed by atoms with Gasteiger partial charge in [0.25, 0.3) is 5.91 Å². The summed E-state index contributed by atoms with van der Waals surface area (Å²) >= 11 is 0.